The van der Waals surface area contributed by atoms with E-state index < -0.39 is 14.6 Å². The third-order valence-electron chi connectivity index (χ3n) is 3.55. The summed E-state index contributed by atoms with van der Waals surface area (Å²) in [6, 6.07) is 3.23. The first-order valence-electron chi connectivity index (χ1n) is 6.96. The molecule has 1 aliphatic rings. The molecule has 0 bridgehead atoms. The van der Waals surface area contributed by atoms with Gasteiger partial charge in [-0.3, -0.25) is 0 Å². The molecule has 1 aliphatic carbocycles. The van der Waals surface area contributed by atoms with Crippen molar-refractivity contribution in [2.75, 3.05) is 0 Å². The van der Waals surface area contributed by atoms with Gasteiger partial charge in [-0.05, 0) is 45.7 Å². The zero-order valence-corrected chi connectivity index (χ0v) is 13.1. The third-order valence-corrected chi connectivity index (χ3v) is 5.96. The van der Waals surface area contributed by atoms with Gasteiger partial charge in [-0.2, -0.15) is 0 Å². The largest absolute Gasteiger partial charge is 0.440 e. The first-order chi connectivity index (χ1) is 9.79. The fraction of sp³-hybridized carbons (Fsp3) is 0.467. The van der Waals surface area contributed by atoms with Crippen LogP contribution in [0.1, 0.15) is 45.4 Å². The number of hydrogen-bond donors (Lipinski definition) is 0. The SMILES string of the molecule is CC(C)(C)S(=O)(=O)c1ccc(-c2cnc(C3CC3)o2)cn1. The molecule has 0 spiro atoms. The van der Waals surface area contributed by atoms with E-state index in [-0.39, 0.29) is 5.03 Å². The lowest BCUT2D eigenvalue weighted by molar-refractivity contribution is 0.509. The smallest absolute Gasteiger partial charge is 0.200 e. The van der Waals surface area contributed by atoms with Crippen molar-refractivity contribution in [2.24, 2.45) is 0 Å². The molecule has 2 aromatic heterocycles. The van der Waals surface area contributed by atoms with Crippen LogP contribution in [-0.4, -0.2) is 23.1 Å². The van der Waals surface area contributed by atoms with Crippen LogP contribution in [0.5, 0.6) is 0 Å². The molecule has 1 fully saturated rings. The van der Waals surface area contributed by atoms with Gasteiger partial charge >= 0.3 is 0 Å². The number of aromatic nitrogens is 2. The van der Waals surface area contributed by atoms with E-state index in [2.05, 4.69) is 9.97 Å². The van der Waals surface area contributed by atoms with Crippen molar-refractivity contribution in [2.45, 2.75) is 49.3 Å². The standard InChI is InChI=1S/C15H18N2O3S/c1-15(2,3)21(18,19)13-7-6-11(8-16-13)12-9-17-14(20-12)10-4-5-10/h6-10H,4-5H2,1-3H3. The normalized spacial score (nSPS) is 16.1. The second-order valence-electron chi connectivity index (χ2n) is 6.34. The Morgan fingerprint density at radius 3 is 2.38 bits per heavy atom. The van der Waals surface area contributed by atoms with Crippen LogP contribution < -0.4 is 0 Å². The minimum atomic E-state index is -3.43. The van der Waals surface area contributed by atoms with Crippen molar-refractivity contribution in [3.8, 4) is 11.3 Å². The number of rotatable bonds is 3. The summed E-state index contributed by atoms with van der Waals surface area (Å²) in [7, 11) is -3.43. The van der Waals surface area contributed by atoms with E-state index in [0.717, 1.165) is 24.3 Å². The Labute approximate surface area is 124 Å². The molecule has 0 unspecified atom stereocenters. The van der Waals surface area contributed by atoms with Gasteiger partial charge in [0.05, 0.1) is 10.9 Å². The molecule has 2 aromatic rings. The zero-order valence-electron chi connectivity index (χ0n) is 12.3. The average Bonchev–Trinajstić information content (AvgIpc) is 3.15. The van der Waals surface area contributed by atoms with Crippen molar-refractivity contribution < 1.29 is 12.8 Å². The summed E-state index contributed by atoms with van der Waals surface area (Å²) in [6.45, 7) is 4.99. The predicted molar refractivity (Wildman–Crippen MR) is 78.6 cm³/mol. The summed E-state index contributed by atoms with van der Waals surface area (Å²) in [5, 5.41) is 0.0840. The molecule has 6 heteroatoms. The number of sulfone groups is 1. The predicted octanol–water partition coefficient (Wildman–Crippen LogP) is 3.19. The molecule has 0 radical (unpaired) electrons. The lowest BCUT2D eigenvalue weighted by atomic mass is 10.2. The van der Waals surface area contributed by atoms with Gasteiger partial charge in [-0.15, -0.1) is 0 Å². The Bertz CT molecular complexity index is 751. The number of oxazole rings is 1. The highest BCUT2D eigenvalue weighted by atomic mass is 32.2. The van der Waals surface area contributed by atoms with Crippen LogP contribution in [0, 0.1) is 0 Å². The molecule has 5 nitrogen and oxygen atoms in total. The lowest BCUT2D eigenvalue weighted by Crippen LogP contribution is -2.28. The van der Waals surface area contributed by atoms with Gasteiger partial charge in [0.25, 0.3) is 0 Å². The van der Waals surface area contributed by atoms with Crippen LogP contribution in [0.2, 0.25) is 0 Å². The molecule has 0 amide bonds. The minimum Gasteiger partial charge on any atom is -0.440 e. The van der Waals surface area contributed by atoms with E-state index in [1.165, 1.54) is 12.3 Å². The second-order valence-corrected chi connectivity index (χ2v) is 8.99. The van der Waals surface area contributed by atoms with E-state index >= 15 is 0 Å². The van der Waals surface area contributed by atoms with Crippen molar-refractivity contribution in [3.63, 3.8) is 0 Å². The summed E-state index contributed by atoms with van der Waals surface area (Å²) in [6.07, 6.45) is 5.44. The molecule has 3 rings (SSSR count). The van der Waals surface area contributed by atoms with Crippen molar-refractivity contribution in [3.05, 3.63) is 30.4 Å². The third kappa shape index (κ3) is 2.60. The van der Waals surface area contributed by atoms with E-state index in [9.17, 15) is 8.42 Å². The van der Waals surface area contributed by atoms with E-state index in [1.54, 1.807) is 33.0 Å². The number of nitrogens with zero attached hydrogens (tertiary/aromatic N) is 2. The van der Waals surface area contributed by atoms with Crippen LogP contribution in [0.4, 0.5) is 0 Å². The molecule has 0 atom stereocenters. The fourth-order valence-electron chi connectivity index (χ4n) is 1.94. The van der Waals surface area contributed by atoms with Crippen molar-refractivity contribution in [1.82, 2.24) is 9.97 Å². The van der Waals surface area contributed by atoms with Crippen LogP contribution in [-0.2, 0) is 9.84 Å². The molecule has 0 aliphatic heterocycles. The first-order valence-corrected chi connectivity index (χ1v) is 8.44. The van der Waals surface area contributed by atoms with Gasteiger partial charge in [0.15, 0.2) is 26.5 Å². The van der Waals surface area contributed by atoms with E-state index in [4.69, 9.17) is 4.42 Å². The highest BCUT2D eigenvalue weighted by Crippen LogP contribution is 2.40. The minimum absolute atomic E-state index is 0.0840. The maximum absolute atomic E-state index is 12.3. The summed E-state index contributed by atoms with van der Waals surface area (Å²) < 4.78 is 29.4. The molecule has 112 valence electrons. The molecular formula is C15H18N2O3S. The topological polar surface area (TPSA) is 73.1 Å². The van der Waals surface area contributed by atoms with Gasteiger partial charge < -0.3 is 4.42 Å². The first kappa shape index (κ1) is 14.3. The van der Waals surface area contributed by atoms with Crippen molar-refractivity contribution in [1.29, 1.82) is 0 Å². The summed E-state index contributed by atoms with van der Waals surface area (Å²) in [5.41, 5.74) is 0.738. The average molecular weight is 306 g/mol. The van der Waals surface area contributed by atoms with E-state index in [1.807, 2.05) is 0 Å². The summed E-state index contributed by atoms with van der Waals surface area (Å²) in [5.74, 6) is 1.84. The molecule has 1 saturated carbocycles. The lowest BCUT2D eigenvalue weighted by Gasteiger charge is -2.18. The Kier molecular flexibility index (Phi) is 3.16. The van der Waals surface area contributed by atoms with E-state index in [0.29, 0.717) is 11.7 Å². The van der Waals surface area contributed by atoms with Crippen LogP contribution in [0.15, 0.2) is 34.0 Å². The Balaban J connectivity index is 1.90. The second kappa shape index (κ2) is 4.66. The van der Waals surface area contributed by atoms with Gasteiger partial charge in [-0.25, -0.2) is 18.4 Å². The Morgan fingerprint density at radius 2 is 1.86 bits per heavy atom. The van der Waals surface area contributed by atoms with Gasteiger partial charge in [-0.1, -0.05) is 0 Å². The molecule has 0 aromatic carbocycles. The summed E-state index contributed by atoms with van der Waals surface area (Å²) >= 11 is 0. The van der Waals surface area contributed by atoms with Gasteiger partial charge in [0.2, 0.25) is 0 Å². The highest BCUT2D eigenvalue weighted by Gasteiger charge is 2.32. The zero-order chi connectivity index (χ0) is 15.3. The van der Waals surface area contributed by atoms with Gasteiger partial charge in [0, 0.05) is 17.7 Å². The summed E-state index contributed by atoms with van der Waals surface area (Å²) in [4.78, 5) is 8.34. The van der Waals surface area contributed by atoms with Crippen LogP contribution in [0.25, 0.3) is 11.3 Å². The molecule has 0 N–H and O–H groups in total. The molecule has 21 heavy (non-hydrogen) atoms. The number of hydrogen-bond acceptors (Lipinski definition) is 5. The molecular weight excluding hydrogens is 288 g/mol. The number of pyridine rings is 1. The maximum atomic E-state index is 12.3. The van der Waals surface area contributed by atoms with Crippen molar-refractivity contribution >= 4 is 9.84 Å². The van der Waals surface area contributed by atoms with Crippen LogP contribution in [0.3, 0.4) is 0 Å². The van der Waals surface area contributed by atoms with Crippen LogP contribution >= 0.6 is 0 Å². The molecule has 2 heterocycles. The quantitative estimate of drug-likeness (QED) is 0.870. The highest BCUT2D eigenvalue weighted by molar-refractivity contribution is 7.92. The fourth-order valence-corrected chi connectivity index (χ4v) is 3.00. The van der Waals surface area contributed by atoms with Gasteiger partial charge in [0.1, 0.15) is 0 Å². The Hall–Kier alpha value is -1.69. The molecule has 0 saturated heterocycles. The monoisotopic (exact) mass is 306 g/mol. The Morgan fingerprint density at radius 1 is 1.14 bits per heavy atom. The maximum Gasteiger partial charge on any atom is 0.200 e.